The van der Waals surface area contributed by atoms with Gasteiger partial charge in [0.25, 0.3) is 0 Å². The van der Waals surface area contributed by atoms with Crippen molar-refractivity contribution in [3.63, 3.8) is 0 Å². The average Bonchev–Trinajstić information content (AvgIpc) is 2.71. The monoisotopic (exact) mass is 466 g/mol. The molecule has 3 rings (SSSR count). The van der Waals surface area contributed by atoms with Crippen LogP contribution in [0.2, 0.25) is 0 Å². The average molecular weight is 467 g/mol. The summed E-state index contributed by atoms with van der Waals surface area (Å²) in [5.74, 6) is 0. The van der Waals surface area contributed by atoms with Crippen molar-refractivity contribution >= 4 is 18.2 Å². The fourth-order valence-electron chi connectivity index (χ4n) is 5.45. The first-order valence-electron chi connectivity index (χ1n) is 12.2. The summed E-state index contributed by atoms with van der Waals surface area (Å²) in [6.45, 7) is 16.0. The Labute approximate surface area is 199 Å². The molecule has 33 heavy (non-hydrogen) atoms. The number of aryl methyl sites for hydroxylation is 5. The lowest BCUT2D eigenvalue weighted by Gasteiger charge is -2.30. The van der Waals surface area contributed by atoms with Gasteiger partial charge in [-0.15, -0.1) is 0 Å². The van der Waals surface area contributed by atoms with Crippen molar-refractivity contribution in [3.05, 3.63) is 68.8 Å². The minimum absolute atomic E-state index is 0.0594. The predicted octanol–water partition coefficient (Wildman–Crippen LogP) is 8.20. The van der Waals surface area contributed by atoms with Crippen LogP contribution < -0.4 is 0 Å². The quantitative estimate of drug-likeness (QED) is 0.417. The molecule has 0 N–H and O–H groups in total. The summed E-state index contributed by atoms with van der Waals surface area (Å²) < 4.78 is 14.8. The maximum atomic E-state index is 14.8. The molecule has 0 aliphatic heterocycles. The molecule has 0 radical (unpaired) electrons. The largest absolute Gasteiger partial charge is 0.306 e. The third-order valence-electron chi connectivity index (χ3n) is 7.20. The molecule has 0 bridgehead atoms. The van der Waals surface area contributed by atoms with Crippen LogP contribution in [-0.4, -0.2) is 16.7 Å². The highest BCUT2D eigenvalue weighted by molar-refractivity contribution is 7.96. The van der Waals surface area contributed by atoms with Gasteiger partial charge >= 0.3 is 0 Å². The SMILES string of the molecule is Cc1cc(C)c(C(=O)P(=O)(C(=O)c2c(C)cc(C(C)(C)C)cc2C)C2CCCCC2)c(C)c1. The highest BCUT2D eigenvalue weighted by Crippen LogP contribution is 2.61. The Morgan fingerprint density at radius 3 is 1.52 bits per heavy atom. The van der Waals surface area contributed by atoms with E-state index in [9.17, 15) is 14.2 Å². The standard InChI is InChI=1S/C29H39O3P/c1-18-14-19(2)25(20(3)15-18)27(30)33(32,24-12-10-9-11-13-24)28(31)26-21(4)16-23(17-22(26)5)29(6,7)8/h14-17,24H,9-13H2,1-8H3. The van der Waals surface area contributed by atoms with Crippen molar-refractivity contribution < 1.29 is 14.2 Å². The maximum absolute atomic E-state index is 14.8. The number of benzene rings is 2. The maximum Gasteiger partial charge on any atom is 0.229 e. The smallest absolute Gasteiger partial charge is 0.229 e. The van der Waals surface area contributed by atoms with Gasteiger partial charge in [0.15, 0.2) is 0 Å². The summed E-state index contributed by atoms with van der Waals surface area (Å²) in [7, 11) is -3.88. The summed E-state index contributed by atoms with van der Waals surface area (Å²) in [6, 6.07) is 7.95. The molecule has 0 aromatic heterocycles. The summed E-state index contributed by atoms with van der Waals surface area (Å²) in [5, 5.41) is 0. The van der Waals surface area contributed by atoms with Crippen LogP contribution in [0.4, 0.5) is 0 Å². The van der Waals surface area contributed by atoms with E-state index in [0.717, 1.165) is 52.6 Å². The lowest BCUT2D eigenvalue weighted by molar-refractivity contribution is 0.103. The van der Waals surface area contributed by atoms with Gasteiger partial charge in [0.05, 0.1) is 0 Å². The van der Waals surface area contributed by atoms with E-state index >= 15 is 0 Å². The molecule has 3 nitrogen and oxygen atoms in total. The molecule has 2 aromatic rings. The second-order valence-corrected chi connectivity index (χ2v) is 13.9. The lowest BCUT2D eigenvalue weighted by Crippen LogP contribution is -2.26. The van der Waals surface area contributed by atoms with Gasteiger partial charge in [0, 0.05) is 16.8 Å². The Morgan fingerprint density at radius 1 is 0.727 bits per heavy atom. The first kappa shape index (κ1) is 25.6. The highest BCUT2D eigenvalue weighted by atomic mass is 31.2. The van der Waals surface area contributed by atoms with E-state index in [2.05, 4.69) is 20.8 Å². The summed E-state index contributed by atoms with van der Waals surface area (Å²) >= 11 is 0. The molecule has 0 spiro atoms. The molecule has 1 aliphatic rings. The second kappa shape index (κ2) is 9.34. The normalized spacial score (nSPS) is 17.0. The zero-order chi connectivity index (χ0) is 24.7. The molecule has 2 aromatic carbocycles. The van der Waals surface area contributed by atoms with Gasteiger partial charge in [0.1, 0.15) is 0 Å². The van der Waals surface area contributed by atoms with Gasteiger partial charge in [-0.25, -0.2) is 0 Å². The zero-order valence-corrected chi connectivity index (χ0v) is 22.5. The van der Waals surface area contributed by atoms with Crippen LogP contribution in [0.3, 0.4) is 0 Å². The highest BCUT2D eigenvalue weighted by Gasteiger charge is 2.49. The lowest BCUT2D eigenvalue weighted by atomic mass is 9.84. The van der Waals surface area contributed by atoms with Crippen LogP contribution in [0.15, 0.2) is 24.3 Å². The Hall–Kier alpha value is -1.99. The summed E-state index contributed by atoms with van der Waals surface area (Å²) in [5.41, 5.74) is 5.08. The molecular formula is C29H39O3P. The number of hydrogen-bond acceptors (Lipinski definition) is 3. The minimum atomic E-state index is -3.88. The fraction of sp³-hybridized carbons (Fsp3) is 0.517. The molecule has 1 aliphatic carbocycles. The molecule has 1 saturated carbocycles. The van der Waals surface area contributed by atoms with Crippen LogP contribution in [0, 0.1) is 34.6 Å². The first-order chi connectivity index (χ1) is 15.3. The van der Waals surface area contributed by atoms with Gasteiger partial charge in [-0.05, 0) is 80.7 Å². The van der Waals surface area contributed by atoms with Crippen molar-refractivity contribution in [1.82, 2.24) is 0 Å². The van der Waals surface area contributed by atoms with Gasteiger partial charge in [-0.2, -0.15) is 0 Å². The molecule has 0 saturated heterocycles. The topological polar surface area (TPSA) is 51.2 Å². The molecular weight excluding hydrogens is 427 g/mol. The number of rotatable bonds is 5. The van der Waals surface area contributed by atoms with Gasteiger partial charge in [0.2, 0.25) is 18.2 Å². The Balaban J connectivity index is 2.21. The van der Waals surface area contributed by atoms with Crippen molar-refractivity contribution in [1.29, 1.82) is 0 Å². The zero-order valence-electron chi connectivity index (χ0n) is 21.6. The number of carbonyl (C=O) groups excluding carboxylic acids is 2. The molecule has 0 amide bonds. The van der Waals surface area contributed by atoms with Crippen molar-refractivity contribution in [2.24, 2.45) is 0 Å². The van der Waals surface area contributed by atoms with E-state index in [1.165, 1.54) is 0 Å². The number of carbonyl (C=O) groups is 2. The van der Waals surface area contributed by atoms with Crippen LogP contribution in [-0.2, 0) is 9.98 Å². The van der Waals surface area contributed by atoms with Crippen LogP contribution in [0.5, 0.6) is 0 Å². The first-order valence-corrected chi connectivity index (χ1v) is 13.9. The molecule has 1 atom stereocenters. The Bertz CT molecular complexity index is 1100. The van der Waals surface area contributed by atoms with Gasteiger partial charge < -0.3 is 4.57 Å². The predicted molar refractivity (Wildman–Crippen MR) is 138 cm³/mol. The van der Waals surface area contributed by atoms with Crippen LogP contribution in [0.25, 0.3) is 0 Å². The third-order valence-corrected chi connectivity index (χ3v) is 10.4. The molecule has 178 valence electrons. The fourth-order valence-corrected chi connectivity index (χ4v) is 8.76. The molecule has 0 heterocycles. The van der Waals surface area contributed by atoms with Crippen molar-refractivity contribution in [2.45, 2.75) is 98.6 Å². The Morgan fingerprint density at radius 2 is 1.12 bits per heavy atom. The second-order valence-electron chi connectivity index (χ2n) is 11.1. The van der Waals surface area contributed by atoms with E-state index in [1.807, 2.05) is 58.9 Å². The van der Waals surface area contributed by atoms with E-state index in [4.69, 9.17) is 0 Å². The van der Waals surface area contributed by atoms with E-state index < -0.39 is 18.2 Å². The van der Waals surface area contributed by atoms with Crippen LogP contribution >= 0.6 is 7.14 Å². The number of hydrogen-bond donors (Lipinski definition) is 0. The van der Waals surface area contributed by atoms with E-state index in [-0.39, 0.29) is 11.1 Å². The van der Waals surface area contributed by atoms with E-state index in [0.29, 0.717) is 24.0 Å². The molecule has 1 unspecified atom stereocenters. The van der Waals surface area contributed by atoms with Crippen molar-refractivity contribution in [2.75, 3.05) is 0 Å². The summed E-state index contributed by atoms with van der Waals surface area (Å²) in [4.78, 5) is 28.3. The van der Waals surface area contributed by atoms with Gasteiger partial charge in [-0.3, -0.25) is 9.59 Å². The molecule has 4 heteroatoms. The summed E-state index contributed by atoms with van der Waals surface area (Å²) in [6.07, 6.45) is 4.26. The van der Waals surface area contributed by atoms with Crippen LogP contribution in [0.1, 0.15) is 107 Å². The van der Waals surface area contributed by atoms with Gasteiger partial charge in [-0.1, -0.05) is 69.9 Å². The minimum Gasteiger partial charge on any atom is -0.306 e. The third kappa shape index (κ3) is 4.80. The van der Waals surface area contributed by atoms with Crippen molar-refractivity contribution in [3.8, 4) is 0 Å². The van der Waals surface area contributed by atoms with E-state index in [1.54, 1.807) is 0 Å². The molecule has 1 fully saturated rings. The Kier molecular flexibility index (Phi) is 7.25.